The molecule has 0 amide bonds. The van der Waals surface area contributed by atoms with E-state index in [0.717, 1.165) is 22.7 Å². The molecule has 0 saturated heterocycles. The number of nitrogens with zero attached hydrogens (tertiary/aromatic N) is 5. The molecule has 10 heteroatoms. The van der Waals surface area contributed by atoms with E-state index in [4.69, 9.17) is 0 Å². The molecule has 34 heavy (non-hydrogen) atoms. The molecule has 10 nitrogen and oxygen atoms in total. The number of nitro benzene ring substituents is 2. The van der Waals surface area contributed by atoms with Crippen LogP contribution < -0.4 is 0 Å². The van der Waals surface area contributed by atoms with Gasteiger partial charge in [0.15, 0.2) is 5.82 Å². The van der Waals surface area contributed by atoms with Crippen molar-refractivity contribution in [1.29, 1.82) is 0 Å². The molecule has 0 saturated carbocycles. The molecule has 0 aliphatic carbocycles. The van der Waals surface area contributed by atoms with Gasteiger partial charge in [0.25, 0.3) is 5.69 Å². The summed E-state index contributed by atoms with van der Waals surface area (Å²) in [5.41, 5.74) is 2.77. The molecule has 3 aromatic carbocycles. The fourth-order valence-electron chi connectivity index (χ4n) is 3.60. The molecule has 0 radical (unpaired) electrons. The first-order chi connectivity index (χ1) is 16.5. The van der Waals surface area contributed by atoms with Crippen molar-refractivity contribution >= 4 is 34.6 Å². The third-order valence-corrected chi connectivity index (χ3v) is 5.20. The maximum absolute atomic E-state index is 11.8. The summed E-state index contributed by atoms with van der Waals surface area (Å²) in [7, 11) is 0. The van der Waals surface area contributed by atoms with Crippen molar-refractivity contribution in [2.75, 3.05) is 0 Å². The number of hydrogen-bond acceptors (Lipinski definition) is 6. The van der Waals surface area contributed by atoms with Gasteiger partial charge < -0.3 is 4.98 Å². The molecule has 0 unspecified atom stereocenters. The molecule has 166 valence electrons. The van der Waals surface area contributed by atoms with E-state index in [-0.39, 0.29) is 11.4 Å². The summed E-state index contributed by atoms with van der Waals surface area (Å²) in [5.74, 6) is 0.459. The average molecular weight is 452 g/mol. The van der Waals surface area contributed by atoms with Gasteiger partial charge in [0, 0.05) is 6.07 Å². The Balaban J connectivity index is 1.69. The average Bonchev–Trinajstić information content (AvgIpc) is 3.47. The van der Waals surface area contributed by atoms with Gasteiger partial charge in [-0.1, -0.05) is 48.5 Å². The lowest BCUT2D eigenvalue weighted by atomic mass is 10.2. The molecule has 2 heterocycles. The number of hydrogen-bond donors (Lipinski definition) is 1. The largest absolute Gasteiger partial charge is 0.337 e. The molecule has 0 atom stereocenters. The van der Waals surface area contributed by atoms with E-state index in [9.17, 15) is 20.2 Å². The predicted molar refractivity (Wildman–Crippen MR) is 127 cm³/mol. The maximum atomic E-state index is 11.8. The van der Waals surface area contributed by atoms with E-state index in [2.05, 4.69) is 15.1 Å². The van der Waals surface area contributed by atoms with E-state index in [0.29, 0.717) is 17.2 Å². The molecule has 0 aliphatic heterocycles. The number of benzene rings is 3. The molecule has 2 aromatic heterocycles. The highest BCUT2D eigenvalue weighted by molar-refractivity contribution is 5.80. The Morgan fingerprint density at radius 1 is 0.853 bits per heavy atom. The zero-order valence-electron chi connectivity index (χ0n) is 17.5. The smallest absolute Gasteiger partial charge is 0.301 e. The van der Waals surface area contributed by atoms with Crippen LogP contribution in [0.2, 0.25) is 0 Å². The summed E-state index contributed by atoms with van der Waals surface area (Å²) in [6, 6.07) is 22.3. The first-order valence-corrected chi connectivity index (χ1v) is 10.2. The summed E-state index contributed by atoms with van der Waals surface area (Å²) in [5, 5.41) is 27.5. The Bertz CT molecular complexity index is 1540. The van der Waals surface area contributed by atoms with Crippen molar-refractivity contribution in [2.45, 2.75) is 0 Å². The standard InChI is InChI=1S/C24H16N6O4/c31-29(32)18-12-13-21(22(15-18)30(33)34)28-23(24-25-19-8-4-5-9-20(19)26-24)14-17(27-28)11-10-16-6-2-1-3-7-16/h1-15H,(H,25,26)/b11-10+. The van der Waals surface area contributed by atoms with Crippen molar-refractivity contribution in [1.82, 2.24) is 19.7 Å². The number of fused-ring (bicyclic) bond motifs is 1. The highest BCUT2D eigenvalue weighted by atomic mass is 16.6. The third kappa shape index (κ3) is 3.91. The monoisotopic (exact) mass is 452 g/mol. The SMILES string of the molecule is O=[N+]([O-])c1ccc(-n2nc(/C=C/c3ccccc3)cc2-c2nc3ccccc3[nH]2)c([N+](=O)[O-])c1. The fourth-order valence-corrected chi connectivity index (χ4v) is 3.60. The minimum Gasteiger partial charge on any atom is -0.337 e. The normalized spacial score (nSPS) is 11.3. The van der Waals surface area contributed by atoms with Gasteiger partial charge in [-0.25, -0.2) is 9.67 Å². The second-order valence-electron chi connectivity index (χ2n) is 7.40. The van der Waals surface area contributed by atoms with Gasteiger partial charge in [-0.15, -0.1) is 0 Å². The Morgan fingerprint density at radius 2 is 1.62 bits per heavy atom. The molecular formula is C24H16N6O4. The topological polar surface area (TPSA) is 133 Å². The maximum Gasteiger partial charge on any atom is 0.301 e. The van der Waals surface area contributed by atoms with Gasteiger partial charge >= 0.3 is 5.69 Å². The number of H-pyrrole nitrogens is 1. The van der Waals surface area contributed by atoms with Crippen LogP contribution in [0.5, 0.6) is 0 Å². The van der Waals surface area contributed by atoms with Gasteiger partial charge in [0.05, 0.1) is 32.6 Å². The second kappa shape index (κ2) is 8.43. The number of para-hydroxylation sites is 2. The number of nitrogens with one attached hydrogen (secondary N) is 1. The van der Waals surface area contributed by atoms with Crippen LogP contribution in [0.25, 0.3) is 40.4 Å². The lowest BCUT2D eigenvalue weighted by molar-refractivity contribution is -0.394. The first kappa shape index (κ1) is 20.8. The highest BCUT2D eigenvalue weighted by Gasteiger charge is 2.24. The zero-order chi connectivity index (χ0) is 23.7. The van der Waals surface area contributed by atoms with Crippen LogP contribution in [0.1, 0.15) is 11.3 Å². The lowest BCUT2D eigenvalue weighted by Gasteiger charge is -2.06. The molecule has 0 aliphatic rings. The number of aromatic amines is 1. The Kier molecular flexibility index (Phi) is 5.15. The number of imidazole rings is 1. The predicted octanol–water partition coefficient (Wildman–Crippen LogP) is 5.40. The van der Waals surface area contributed by atoms with Crippen molar-refractivity contribution < 1.29 is 9.85 Å². The quantitative estimate of drug-likeness (QED) is 0.271. The number of rotatable bonds is 6. The Labute approximate surface area is 192 Å². The molecule has 0 spiro atoms. The summed E-state index contributed by atoms with van der Waals surface area (Å²) < 4.78 is 1.38. The van der Waals surface area contributed by atoms with E-state index in [1.807, 2.05) is 60.7 Å². The summed E-state index contributed by atoms with van der Waals surface area (Å²) in [4.78, 5) is 29.4. The van der Waals surface area contributed by atoms with Crippen molar-refractivity contribution in [2.24, 2.45) is 0 Å². The number of nitro groups is 2. The van der Waals surface area contributed by atoms with Crippen LogP contribution in [0.3, 0.4) is 0 Å². The van der Waals surface area contributed by atoms with Gasteiger partial charge in [-0.05, 0) is 35.9 Å². The Hall–Kier alpha value is -5.12. The summed E-state index contributed by atoms with van der Waals surface area (Å²) in [6.45, 7) is 0. The van der Waals surface area contributed by atoms with E-state index >= 15 is 0 Å². The van der Waals surface area contributed by atoms with Gasteiger partial charge in [0.2, 0.25) is 0 Å². The molecule has 5 rings (SSSR count). The molecule has 5 aromatic rings. The van der Waals surface area contributed by atoms with Gasteiger partial charge in [-0.3, -0.25) is 20.2 Å². The summed E-state index contributed by atoms with van der Waals surface area (Å²) >= 11 is 0. The van der Waals surface area contributed by atoms with E-state index < -0.39 is 15.5 Å². The van der Waals surface area contributed by atoms with Crippen molar-refractivity contribution in [3.05, 3.63) is 110 Å². The molecular weight excluding hydrogens is 436 g/mol. The number of aromatic nitrogens is 4. The van der Waals surface area contributed by atoms with Crippen molar-refractivity contribution in [3.8, 4) is 17.2 Å². The highest BCUT2D eigenvalue weighted by Crippen LogP contribution is 2.32. The van der Waals surface area contributed by atoms with Gasteiger partial charge in [-0.2, -0.15) is 5.10 Å². The van der Waals surface area contributed by atoms with Crippen LogP contribution >= 0.6 is 0 Å². The first-order valence-electron chi connectivity index (χ1n) is 10.2. The Morgan fingerprint density at radius 3 is 2.35 bits per heavy atom. The summed E-state index contributed by atoms with van der Waals surface area (Å²) in [6.07, 6.45) is 3.66. The van der Waals surface area contributed by atoms with Gasteiger partial charge in [0.1, 0.15) is 11.4 Å². The molecule has 1 N–H and O–H groups in total. The zero-order valence-corrected chi connectivity index (χ0v) is 17.5. The third-order valence-electron chi connectivity index (χ3n) is 5.20. The second-order valence-corrected chi connectivity index (χ2v) is 7.40. The molecule has 0 bridgehead atoms. The van der Waals surface area contributed by atoms with E-state index in [1.54, 1.807) is 12.1 Å². The van der Waals surface area contributed by atoms with Crippen LogP contribution in [-0.2, 0) is 0 Å². The number of non-ortho nitro benzene ring substituents is 1. The minimum absolute atomic E-state index is 0.0883. The van der Waals surface area contributed by atoms with Crippen LogP contribution in [0.15, 0.2) is 78.9 Å². The van der Waals surface area contributed by atoms with Crippen LogP contribution in [-0.4, -0.2) is 29.6 Å². The van der Waals surface area contributed by atoms with Crippen molar-refractivity contribution in [3.63, 3.8) is 0 Å². The van der Waals surface area contributed by atoms with E-state index in [1.165, 1.54) is 16.8 Å². The molecule has 0 fully saturated rings. The van der Waals surface area contributed by atoms with Crippen LogP contribution in [0, 0.1) is 20.2 Å². The van der Waals surface area contributed by atoms with Crippen LogP contribution in [0.4, 0.5) is 11.4 Å². The lowest BCUT2D eigenvalue weighted by Crippen LogP contribution is -2.05. The fraction of sp³-hybridized carbons (Fsp3) is 0. The minimum atomic E-state index is -0.673.